The van der Waals surface area contributed by atoms with Crippen LogP contribution in [0.4, 0.5) is 5.69 Å². The van der Waals surface area contributed by atoms with Crippen molar-refractivity contribution in [2.24, 2.45) is 22.2 Å². The van der Waals surface area contributed by atoms with E-state index in [0.29, 0.717) is 23.9 Å². The highest BCUT2D eigenvalue weighted by molar-refractivity contribution is 6.07. The van der Waals surface area contributed by atoms with E-state index in [1.807, 2.05) is 0 Å². The Morgan fingerprint density at radius 3 is 2.49 bits per heavy atom. The van der Waals surface area contributed by atoms with Crippen LogP contribution in [0.3, 0.4) is 0 Å². The Hall–Kier alpha value is -6.56. The third-order valence-corrected chi connectivity index (χ3v) is 7.87. The van der Waals surface area contributed by atoms with Crippen LogP contribution in [0.1, 0.15) is 39.1 Å². The first-order valence-electron chi connectivity index (χ1n) is 15.9. The van der Waals surface area contributed by atoms with Gasteiger partial charge < -0.3 is 53.2 Å². The Bertz CT molecular complexity index is 2080. The number of fused-ring (bicyclic) bond motifs is 2. The Balaban J connectivity index is 1.40. The van der Waals surface area contributed by atoms with Crippen molar-refractivity contribution in [1.29, 1.82) is 0 Å². The number of aliphatic imine (C=N–C) groups is 1. The van der Waals surface area contributed by atoms with Crippen LogP contribution in [0.25, 0.3) is 11.0 Å². The number of aromatic amines is 2. The molecular weight excluding hydrogens is 662 g/mol. The number of rotatable bonds is 8. The zero-order chi connectivity index (χ0) is 36.5. The molecule has 1 aliphatic heterocycles. The lowest BCUT2D eigenvalue weighted by atomic mass is 10.0. The minimum absolute atomic E-state index is 0.0120. The number of carbonyl (C=O) groups excluding carboxylic acids is 4. The van der Waals surface area contributed by atoms with E-state index in [4.69, 9.17) is 21.9 Å². The van der Waals surface area contributed by atoms with Gasteiger partial charge in [-0.05, 0) is 60.9 Å². The molecule has 2 aromatic carbocycles. The lowest BCUT2D eigenvalue weighted by molar-refractivity contribution is -0.130. The van der Waals surface area contributed by atoms with Gasteiger partial charge in [-0.25, -0.2) is 0 Å². The summed E-state index contributed by atoms with van der Waals surface area (Å²) in [6.07, 6.45) is 4.14. The van der Waals surface area contributed by atoms with Crippen LogP contribution in [0.2, 0.25) is 0 Å². The average Bonchev–Trinajstić information content (AvgIpc) is 3.11. The number of anilines is 1. The van der Waals surface area contributed by atoms with Gasteiger partial charge >= 0.3 is 11.1 Å². The molecule has 4 aromatic rings. The van der Waals surface area contributed by atoms with E-state index in [-0.39, 0.29) is 60.2 Å². The molecule has 0 unspecified atom stereocenters. The summed E-state index contributed by atoms with van der Waals surface area (Å²) in [6, 6.07) is 9.34. The van der Waals surface area contributed by atoms with Gasteiger partial charge in [-0.2, -0.15) is 0 Å². The maximum absolute atomic E-state index is 13.6. The Kier molecular flexibility index (Phi) is 11.4. The molecule has 0 aliphatic carbocycles. The van der Waals surface area contributed by atoms with Gasteiger partial charge in [-0.1, -0.05) is 6.07 Å². The summed E-state index contributed by atoms with van der Waals surface area (Å²) in [5.74, 6) is -2.32. The van der Waals surface area contributed by atoms with E-state index in [2.05, 4.69) is 41.2 Å². The summed E-state index contributed by atoms with van der Waals surface area (Å²) in [5, 5.41) is 10.9. The highest BCUT2D eigenvalue weighted by Crippen LogP contribution is 2.25. The van der Waals surface area contributed by atoms with Crippen molar-refractivity contribution in [3.63, 3.8) is 0 Å². The van der Waals surface area contributed by atoms with Gasteiger partial charge in [0.25, 0.3) is 11.8 Å². The number of pyridine rings is 1. The van der Waals surface area contributed by atoms with Crippen molar-refractivity contribution in [3.05, 3.63) is 98.3 Å². The molecule has 4 amide bonds. The maximum atomic E-state index is 13.6. The van der Waals surface area contributed by atoms with Crippen molar-refractivity contribution in [3.8, 4) is 5.75 Å². The summed E-state index contributed by atoms with van der Waals surface area (Å²) < 4.78 is 6.09. The predicted molar refractivity (Wildman–Crippen MR) is 187 cm³/mol. The van der Waals surface area contributed by atoms with Crippen LogP contribution in [-0.2, 0) is 16.0 Å². The number of aromatic nitrogens is 3. The summed E-state index contributed by atoms with van der Waals surface area (Å²) in [4.78, 5) is 89.7. The highest BCUT2D eigenvalue weighted by atomic mass is 16.5. The molecule has 0 saturated heterocycles. The number of nitrogens with zero attached hydrogens (tertiary/aromatic N) is 2. The molecule has 5 rings (SSSR count). The molecule has 0 bridgehead atoms. The van der Waals surface area contributed by atoms with Gasteiger partial charge in [0.05, 0.1) is 22.6 Å². The van der Waals surface area contributed by atoms with E-state index < -0.39 is 52.9 Å². The molecule has 2 aromatic heterocycles. The number of nitrogens with two attached hydrogens (primary N) is 3. The predicted octanol–water partition coefficient (Wildman–Crippen LogP) is -1.42. The number of amides is 4. The first-order chi connectivity index (χ1) is 24.5. The van der Waals surface area contributed by atoms with Crippen LogP contribution in [0.15, 0.2) is 75.5 Å². The Morgan fingerprint density at radius 2 is 1.75 bits per heavy atom. The topological polar surface area (TPSA) is 295 Å². The average molecular weight is 700 g/mol. The molecule has 0 saturated carbocycles. The zero-order valence-electron chi connectivity index (χ0n) is 27.2. The fourth-order valence-corrected chi connectivity index (χ4v) is 5.24. The summed E-state index contributed by atoms with van der Waals surface area (Å²) in [6.45, 7) is -0.0799. The second-order valence-electron chi connectivity index (χ2n) is 11.7. The fraction of sp³-hybridized carbons (Fsp3) is 0.273. The Labute approximate surface area is 289 Å². The van der Waals surface area contributed by atoms with Gasteiger partial charge in [0.15, 0.2) is 5.96 Å². The molecule has 3 atom stereocenters. The van der Waals surface area contributed by atoms with Gasteiger partial charge in [0.2, 0.25) is 11.8 Å². The normalized spacial score (nSPS) is 18.2. The van der Waals surface area contributed by atoms with Gasteiger partial charge in [0, 0.05) is 43.2 Å². The molecule has 12 N–H and O–H groups in total. The summed E-state index contributed by atoms with van der Waals surface area (Å²) in [7, 11) is 0. The van der Waals surface area contributed by atoms with Crippen molar-refractivity contribution in [1.82, 2.24) is 30.9 Å². The van der Waals surface area contributed by atoms with Gasteiger partial charge in [0.1, 0.15) is 24.4 Å². The van der Waals surface area contributed by atoms with Gasteiger partial charge in [-0.15, -0.1) is 0 Å². The van der Waals surface area contributed by atoms with Crippen LogP contribution in [-0.4, -0.2) is 82.4 Å². The molecule has 0 spiro atoms. The largest absolute Gasteiger partial charge is 0.491 e. The van der Waals surface area contributed by atoms with E-state index in [1.165, 1.54) is 36.4 Å². The van der Waals surface area contributed by atoms with Crippen molar-refractivity contribution in [2.75, 3.05) is 25.0 Å². The van der Waals surface area contributed by atoms with E-state index in [9.17, 15) is 28.8 Å². The molecule has 51 heavy (non-hydrogen) atoms. The standard InChI is InChI=1S/C33H37N11O7/c34-22-15-39-28(46)21-13-19(40-27(45)18-5-7-23-24(12-18)43-32(50)31(49)42-23)6-8-26(21)51-16-20(4-2-10-38-33(35)36)41-30(48)25(44-29(22)47)11-17-3-1-9-37-14-17/h1,3,5-9,12-14,20,22,25H,2,4,10-11,15-16,34H2,(H,39,46)(H,40,45)(H,41,48)(H,42,49)(H,43,50)(H,44,47)(H4,35,36,38)/t20-,22+,25-/m0/s1. The number of hydrogen-bond donors (Lipinski definition) is 9. The number of ether oxygens (including phenoxy) is 1. The van der Waals surface area contributed by atoms with Crippen LogP contribution >= 0.6 is 0 Å². The third kappa shape index (κ3) is 9.54. The number of hydrogen-bond acceptors (Lipinski definition) is 10. The highest BCUT2D eigenvalue weighted by Gasteiger charge is 2.28. The first kappa shape index (κ1) is 35.7. The number of H-pyrrole nitrogens is 2. The smallest absolute Gasteiger partial charge is 0.314 e. The van der Waals surface area contributed by atoms with E-state index >= 15 is 0 Å². The molecule has 3 heterocycles. The molecule has 18 nitrogen and oxygen atoms in total. The monoisotopic (exact) mass is 699 g/mol. The molecule has 0 fully saturated rings. The third-order valence-electron chi connectivity index (χ3n) is 7.87. The quantitative estimate of drug-likeness (QED) is 0.0445. The van der Waals surface area contributed by atoms with Gasteiger partial charge in [-0.3, -0.25) is 38.7 Å². The summed E-state index contributed by atoms with van der Waals surface area (Å²) >= 11 is 0. The number of benzene rings is 2. The van der Waals surface area contributed by atoms with Crippen molar-refractivity contribution >= 4 is 46.3 Å². The fourth-order valence-electron chi connectivity index (χ4n) is 5.24. The summed E-state index contributed by atoms with van der Waals surface area (Å²) in [5.41, 5.74) is 17.0. The van der Waals surface area contributed by atoms with E-state index in [1.54, 1.807) is 24.5 Å². The van der Waals surface area contributed by atoms with Crippen molar-refractivity contribution in [2.45, 2.75) is 37.4 Å². The Morgan fingerprint density at radius 1 is 0.961 bits per heavy atom. The molecule has 0 radical (unpaired) electrons. The van der Waals surface area contributed by atoms with Crippen molar-refractivity contribution < 1.29 is 23.9 Å². The first-order valence-corrected chi connectivity index (χ1v) is 15.9. The van der Waals surface area contributed by atoms with Crippen LogP contribution < -0.4 is 54.3 Å². The molecular formula is C33H37N11O7. The molecule has 1 aliphatic rings. The van der Waals surface area contributed by atoms with Crippen LogP contribution in [0.5, 0.6) is 5.75 Å². The second kappa shape index (κ2) is 16.2. The molecule has 18 heteroatoms. The maximum Gasteiger partial charge on any atom is 0.314 e. The number of nitrogens with one attached hydrogen (secondary N) is 6. The minimum atomic E-state index is -1.22. The second-order valence-corrected chi connectivity index (χ2v) is 11.7. The lowest BCUT2D eigenvalue weighted by Gasteiger charge is -2.26. The SMILES string of the molecule is NC(N)=NCCC[C@H]1COc2ccc(NC(=O)c3ccc4[nH]c(=O)c(=O)[nH]c4c3)cc2C(=O)NC[C@@H](N)C(=O)N[C@@H](Cc2cccnc2)C(=O)N1. The van der Waals surface area contributed by atoms with Crippen LogP contribution in [0, 0.1) is 0 Å². The van der Waals surface area contributed by atoms with E-state index in [0.717, 1.165) is 0 Å². The molecule has 266 valence electrons. The number of carbonyl (C=O) groups is 4. The number of guanidine groups is 1. The zero-order valence-corrected chi connectivity index (χ0v) is 27.2. The lowest BCUT2D eigenvalue weighted by Crippen LogP contribution is -2.56. The minimum Gasteiger partial charge on any atom is -0.491 e.